The number of nitro benzene ring substituents is 1. The van der Waals surface area contributed by atoms with Gasteiger partial charge in [-0.25, -0.2) is 0 Å². The topological polar surface area (TPSA) is 129 Å². The third-order valence-corrected chi connectivity index (χ3v) is 4.70. The SMILES string of the molecule is CCN(CC)c1ccc(N=Nc2c(C#N)cc(S(=O)(=O)F)cc2[N+](=O)[O-])cc1. The fourth-order valence-electron chi connectivity index (χ4n) is 2.49. The second-order valence-corrected chi connectivity index (χ2v) is 6.88. The van der Waals surface area contributed by atoms with Crippen LogP contribution in [-0.4, -0.2) is 26.4 Å². The Morgan fingerprint density at radius 2 is 1.79 bits per heavy atom. The van der Waals surface area contributed by atoms with E-state index in [1.54, 1.807) is 30.3 Å². The molecule has 146 valence electrons. The molecule has 2 aromatic rings. The number of hydrogen-bond donors (Lipinski definition) is 0. The van der Waals surface area contributed by atoms with Crippen molar-refractivity contribution in [2.24, 2.45) is 10.2 Å². The molecule has 0 aromatic heterocycles. The molecule has 0 N–H and O–H groups in total. The Labute approximate surface area is 161 Å². The van der Waals surface area contributed by atoms with E-state index in [4.69, 9.17) is 5.26 Å². The predicted molar refractivity (Wildman–Crippen MR) is 100 cm³/mol. The van der Waals surface area contributed by atoms with Gasteiger partial charge in [0.1, 0.15) is 11.0 Å². The molecule has 0 bridgehead atoms. The van der Waals surface area contributed by atoms with Crippen molar-refractivity contribution >= 4 is 33.0 Å². The van der Waals surface area contributed by atoms with Crippen molar-refractivity contribution in [3.8, 4) is 6.07 Å². The molecular formula is C17H16FN5O4S. The standard InChI is InChI=1S/C17H16FN5O4S/c1-3-22(4-2)14-7-5-13(6-8-14)20-21-17-12(11-19)9-15(28(18,26)27)10-16(17)23(24)25/h5-10H,3-4H2,1-2H3. The number of nitro groups is 1. The first-order valence-electron chi connectivity index (χ1n) is 8.15. The normalized spacial score (nSPS) is 11.4. The van der Waals surface area contributed by atoms with Gasteiger partial charge in [0.25, 0.3) is 5.69 Å². The van der Waals surface area contributed by atoms with Crippen molar-refractivity contribution in [3.63, 3.8) is 0 Å². The molecule has 0 atom stereocenters. The van der Waals surface area contributed by atoms with Crippen LogP contribution < -0.4 is 4.90 Å². The van der Waals surface area contributed by atoms with E-state index < -0.39 is 37.0 Å². The zero-order valence-electron chi connectivity index (χ0n) is 15.0. The zero-order chi connectivity index (χ0) is 20.9. The van der Waals surface area contributed by atoms with Gasteiger partial charge in [0.15, 0.2) is 5.69 Å². The molecule has 0 fully saturated rings. The van der Waals surface area contributed by atoms with Crippen LogP contribution in [-0.2, 0) is 10.2 Å². The van der Waals surface area contributed by atoms with Gasteiger partial charge in [-0.15, -0.1) is 9.00 Å². The second kappa shape index (κ2) is 8.53. The van der Waals surface area contributed by atoms with Gasteiger partial charge in [-0.05, 0) is 44.2 Å². The number of hydrogen-bond acceptors (Lipinski definition) is 8. The van der Waals surface area contributed by atoms with E-state index in [9.17, 15) is 22.4 Å². The quantitative estimate of drug-likeness (QED) is 0.291. The number of benzene rings is 2. The maximum atomic E-state index is 13.2. The smallest absolute Gasteiger partial charge is 0.332 e. The summed E-state index contributed by atoms with van der Waals surface area (Å²) < 4.78 is 35.3. The summed E-state index contributed by atoms with van der Waals surface area (Å²) in [5.41, 5.74) is -0.429. The van der Waals surface area contributed by atoms with Crippen LogP contribution in [0.2, 0.25) is 0 Å². The van der Waals surface area contributed by atoms with Crippen molar-refractivity contribution < 1.29 is 17.2 Å². The van der Waals surface area contributed by atoms with Crippen LogP contribution in [0, 0.1) is 21.4 Å². The number of anilines is 1. The number of rotatable bonds is 7. The van der Waals surface area contributed by atoms with E-state index in [1.807, 2.05) is 13.8 Å². The van der Waals surface area contributed by atoms with Crippen molar-refractivity contribution in [3.05, 3.63) is 52.1 Å². The van der Waals surface area contributed by atoms with Crippen LogP contribution in [0.4, 0.5) is 26.6 Å². The lowest BCUT2D eigenvalue weighted by Gasteiger charge is -2.20. The minimum atomic E-state index is -5.23. The highest BCUT2D eigenvalue weighted by molar-refractivity contribution is 7.86. The van der Waals surface area contributed by atoms with Gasteiger partial charge >= 0.3 is 10.2 Å². The Balaban J connectivity index is 2.48. The number of halogens is 1. The molecule has 9 nitrogen and oxygen atoms in total. The summed E-state index contributed by atoms with van der Waals surface area (Å²) >= 11 is 0. The summed E-state index contributed by atoms with van der Waals surface area (Å²) in [7, 11) is -5.23. The number of azo groups is 1. The Kier molecular flexibility index (Phi) is 6.37. The third-order valence-electron chi connectivity index (χ3n) is 3.91. The Morgan fingerprint density at radius 1 is 1.18 bits per heavy atom. The maximum Gasteiger partial charge on any atom is 0.332 e. The highest BCUT2D eigenvalue weighted by Crippen LogP contribution is 2.35. The van der Waals surface area contributed by atoms with E-state index in [0.717, 1.165) is 18.8 Å². The molecule has 11 heteroatoms. The zero-order valence-corrected chi connectivity index (χ0v) is 15.9. The predicted octanol–water partition coefficient (Wildman–Crippen LogP) is 4.39. The molecule has 0 saturated carbocycles. The number of nitriles is 1. The van der Waals surface area contributed by atoms with Crippen LogP contribution in [0.3, 0.4) is 0 Å². The van der Waals surface area contributed by atoms with Gasteiger partial charge in [0.2, 0.25) is 0 Å². The van der Waals surface area contributed by atoms with E-state index >= 15 is 0 Å². The third kappa shape index (κ3) is 4.66. The second-order valence-electron chi connectivity index (χ2n) is 5.53. The molecule has 0 aliphatic carbocycles. The molecule has 0 heterocycles. The Morgan fingerprint density at radius 3 is 2.25 bits per heavy atom. The van der Waals surface area contributed by atoms with Gasteiger partial charge < -0.3 is 4.90 Å². The highest BCUT2D eigenvalue weighted by Gasteiger charge is 2.25. The molecule has 0 amide bonds. The average molecular weight is 405 g/mol. The van der Waals surface area contributed by atoms with Crippen LogP contribution in [0.25, 0.3) is 0 Å². The summed E-state index contributed by atoms with van der Waals surface area (Å²) in [5.74, 6) is 0. The molecule has 28 heavy (non-hydrogen) atoms. The van der Waals surface area contributed by atoms with E-state index in [0.29, 0.717) is 17.8 Å². The molecule has 2 aromatic carbocycles. The van der Waals surface area contributed by atoms with Crippen LogP contribution in [0.5, 0.6) is 0 Å². The summed E-state index contributed by atoms with van der Waals surface area (Å²) in [5, 5.41) is 28.0. The van der Waals surface area contributed by atoms with E-state index in [1.165, 1.54) is 0 Å². The number of nitrogens with zero attached hydrogens (tertiary/aromatic N) is 5. The van der Waals surface area contributed by atoms with E-state index in [2.05, 4.69) is 15.1 Å². The van der Waals surface area contributed by atoms with Crippen LogP contribution >= 0.6 is 0 Å². The van der Waals surface area contributed by atoms with Gasteiger partial charge in [0, 0.05) is 24.8 Å². The summed E-state index contributed by atoms with van der Waals surface area (Å²) in [6.45, 7) is 5.67. The fourth-order valence-corrected chi connectivity index (χ4v) is 3.00. The van der Waals surface area contributed by atoms with E-state index in [-0.39, 0.29) is 0 Å². The first kappa shape index (κ1) is 20.9. The lowest BCUT2D eigenvalue weighted by molar-refractivity contribution is -0.384. The van der Waals surface area contributed by atoms with Crippen LogP contribution in [0.15, 0.2) is 51.5 Å². The minimum Gasteiger partial charge on any atom is -0.372 e. The lowest BCUT2D eigenvalue weighted by Crippen LogP contribution is -2.21. The molecule has 0 spiro atoms. The van der Waals surface area contributed by atoms with Gasteiger partial charge in [-0.1, -0.05) is 0 Å². The first-order chi connectivity index (χ1) is 13.2. The van der Waals surface area contributed by atoms with Gasteiger partial charge in [-0.2, -0.15) is 18.8 Å². The van der Waals surface area contributed by atoms with Crippen molar-refractivity contribution in [1.29, 1.82) is 5.26 Å². The summed E-state index contributed by atoms with van der Waals surface area (Å²) in [6, 6.07) is 9.68. The molecule has 0 unspecified atom stereocenters. The molecule has 2 rings (SSSR count). The van der Waals surface area contributed by atoms with Crippen molar-refractivity contribution in [1.82, 2.24) is 0 Å². The molecule has 0 saturated heterocycles. The highest BCUT2D eigenvalue weighted by atomic mass is 32.3. The summed E-state index contributed by atoms with van der Waals surface area (Å²) in [4.78, 5) is 11.4. The minimum absolute atomic E-state index is 0.372. The molecule has 0 radical (unpaired) electrons. The first-order valence-corrected chi connectivity index (χ1v) is 9.53. The molecule has 0 aliphatic rings. The van der Waals surface area contributed by atoms with Crippen LogP contribution in [0.1, 0.15) is 19.4 Å². The fraction of sp³-hybridized carbons (Fsp3) is 0.235. The average Bonchev–Trinajstić information content (AvgIpc) is 2.66. The largest absolute Gasteiger partial charge is 0.372 e. The Hall–Kier alpha value is -3.39. The van der Waals surface area contributed by atoms with Crippen molar-refractivity contribution in [2.45, 2.75) is 18.7 Å². The monoisotopic (exact) mass is 405 g/mol. The van der Waals surface area contributed by atoms with Gasteiger partial charge in [-0.3, -0.25) is 10.1 Å². The summed E-state index contributed by atoms with van der Waals surface area (Å²) in [6.07, 6.45) is 0. The van der Waals surface area contributed by atoms with Gasteiger partial charge in [0.05, 0.1) is 16.2 Å². The maximum absolute atomic E-state index is 13.2. The molecule has 0 aliphatic heterocycles. The molecular weight excluding hydrogens is 389 g/mol. The lowest BCUT2D eigenvalue weighted by atomic mass is 10.1. The Bertz CT molecular complexity index is 1060. The van der Waals surface area contributed by atoms with Crippen molar-refractivity contribution in [2.75, 3.05) is 18.0 Å².